The molecule has 2 aromatic rings. The highest BCUT2D eigenvalue weighted by atomic mass is 16.5. The Hall–Kier alpha value is -3.10. The first kappa shape index (κ1) is 20.6. The molecule has 8 heteroatoms. The summed E-state index contributed by atoms with van der Waals surface area (Å²) < 4.78 is 11.4. The number of ether oxygens (including phenoxy) is 2. The minimum absolute atomic E-state index is 0.0116. The fourth-order valence-electron chi connectivity index (χ4n) is 3.31. The maximum atomic E-state index is 12.2. The molecule has 3 rings (SSSR count). The van der Waals surface area contributed by atoms with E-state index in [0.29, 0.717) is 37.7 Å². The topological polar surface area (TPSA) is 106 Å². The third-order valence-corrected chi connectivity index (χ3v) is 4.83. The van der Waals surface area contributed by atoms with Crippen molar-refractivity contribution in [1.29, 1.82) is 0 Å². The van der Waals surface area contributed by atoms with Gasteiger partial charge in [0.25, 0.3) is 0 Å². The predicted octanol–water partition coefficient (Wildman–Crippen LogP) is 0.955. The van der Waals surface area contributed by atoms with Crippen LogP contribution in [0.15, 0.2) is 48.5 Å². The molecule has 1 unspecified atom stereocenters. The third kappa shape index (κ3) is 5.46. The van der Waals surface area contributed by atoms with E-state index < -0.39 is 6.04 Å². The number of amides is 2. The maximum Gasteiger partial charge on any atom is 0.237 e. The molecular formula is C21H26N4O4. The number of hydrazine groups is 1. The number of nitrogens with two attached hydrogens (primary N) is 1. The first-order valence-corrected chi connectivity index (χ1v) is 9.45. The van der Waals surface area contributed by atoms with Gasteiger partial charge >= 0.3 is 0 Å². The summed E-state index contributed by atoms with van der Waals surface area (Å²) in [5.74, 6) is 5.90. The van der Waals surface area contributed by atoms with E-state index >= 15 is 0 Å². The van der Waals surface area contributed by atoms with Crippen LogP contribution in [0.5, 0.6) is 11.5 Å². The highest BCUT2D eigenvalue weighted by molar-refractivity contribution is 5.88. The molecule has 0 radical (unpaired) electrons. The first-order chi connectivity index (χ1) is 14.1. The van der Waals surface area contributed by atoms with Crippen LogP contribution < -0.4 is 26.1 Å². The van der Waals surface area contributed by atoms with Crippen molar-refractivity contribution in [3.05, 3.63) is 59.7 Å². The Kier molecular flexibility index (Phi) is 7.04. The standard InChI is InChI=1S/C21H26N4O4/c1-28-19-11-16(7-8-18(19)29-14-15-5-3-2-4-6-15)13-25-10-9-23-21(27)17(25)12-20(26)24-22/h2-8,11,17H,9-10,12-14,22H2,1H3,(H,23,27)(H,24,26). The highest BCUT2D eigenvalue weighted by Crippen LogP contribution is 2.30. The monoisotopic (exact) mass is 398 g/mol. The lowest BCUT2D eigenvalue weighted by Gasteiger charge is -2.34. The molecule has 8 nitrogen and oxygen atoms in total. The largest absolute Gasteiger partial charge is 0.493 e. The lowest BCUT2D eigenvalue weighted by molar-refractivity contribution is -0.134. The summed E-state index contributed by atoms with van der Waals surface area (Å²) in [7, 11) is 1.59. The highest BCUT2D eigenvalue weighted by Gasteiger charge is 2.31. The lowest BCUT2D eigenvalue weighted by atomic mass is 10.1. The van der Waals surface area contributed by atoms with Crippen LogP contribution in [0.25, 0.3) is 0 Å². The lowest BCUT2D eigenvalue weighted by Crippen LogP contribution is -2.56. The Morgan fingerprint density at radius 1 is 1.21 bits per heavy atom. The van der Waals surface area contributed by atoms with Crippen molar-refractivity contribution in [3.63, 3.8) is 0 Å². The van der Waals surface area contributed by atoms with Crippen molar-refractivity contribution in [2.75, 3.05) is 20.2 Å². The molecular weight excluding hydrogens is 372 g/mol. The molecule has 1 fully saturated rings. The van der Waals surface area contributed by atoms with E-state index in [4.69, 9.17) is 15.3 Å². The molecule has 2 aromatic carbocycles. The van der Waals surface area contributed by atoms with Gasteiger partial charge < -0.3 is 14.8 Å². The van der Waals surface area contributed by atoms with Gasteiger partial charge in [0.05, 0.1) is 19.6 Å². The van der Waals surface area contributed by atoms with Gasteiger partial charge in [0.1, 0.15) is 6.61 Å². The van der Waals surface area contributed by atoms with E-state index in [2.05, 4.69) is 10.7 Å². The third-order valence-electron chi connectivity index (χ3n) is 4.83. The molecule has 2 amide bonds. The molecule has 0 aromatic heterocycles. The zero-order valence-corrected chi connectivity index (χ0v) is 16.4. The van der Waals surface area contributed by atoms with Gasteiger partial charge in [0.15, 0.2) is 11.5 Å². The summed E-state index contributed by atoms with van der Waals surface area (Å²) in [6.07, 6.45) is 0.0116. The van der Waals surface area contributed by atoms with Gasteiger partial charge in [-0.2, -0.15) is 0 Å². The van der Waals surface area contributed by atoms with Gasteiger partial charge in [-0.05, 0) is 23.3 Å². The molecule has 0 saturated carbocycles. The van der Waals surface area contributed by atoms with E-state index in [1.807, 2.05) is 53.4 Å². The molecule has 29 heavy (non-hydrogen) atoms. The number of hydrogen-bond acceptors (Lipinski definition) is 6. The van der Waals surface area contributed by atoms with Crippen molar-refractivity contribution in [1.82, 2.24) is 15.6 Å². The minimum atomic E-state index is -0.563. The average Bonchev–Trinajstić information content (AvgIpc) is 2.75. The number of methoxy groups -OCH3 is 1. The normalized spacial score (nSPS) is 16.8. The van der Waals surface area contributed by atoms with Gasteiger partial charge in [-0.1, -0.05) is 36.4 Å². The number of hydrogen-bond donors (Lipinski definition) is 3. The number of nitrogens with one attached hydrogen (secondary N) is 2. The molecule has 1 aliphatic rings. The second-order valence-electron chi connectivity index (χ2n) is 6.81. The minimum Gasteiger partial charge on any atom is -0.493 e. The van der Waals surface area contributed by atoms with Crippen molar-refractivity contribution in [2.24, 2.45) is 5.84 Å². The van der Waals surface area contributed by atoms with E-state index in [-0.39, 0.29) is 18.2 Å². The van der Waals surface area contributed by atoms with Crippen LogP contribution >= 0.6 is 0 Å². The number of rotatable bonds is 8. The number of benzene rings is 2. The maximum absolute atomic E-state index is 12.2. The van der Waals surface area contributed by atoms with Gasteiger partial charge in [-0.15, -0.1) is 0 Å². The quantitative estimate of drug-likeness (QED) is 0.347. The predicted molar refractivity (Wildman–Crippen MR) is 108 cm³/mol. The molecule has 0 aliphatic carbocycles. The van der Waals surface area contributed by atoms with Gasteiger partial charge in [0.2, 0.25) is 11.8 Å². The first-order valence-electron chi connectivity index (χ1n) is 9.45. The van der Waals surface area contributed by atoms with Crippen LogP contribution in [0, 0.1) is 0 Å². The Balaban J connectivity index is 1.69. The molecule has 0 bridgehead atoms. The van der Waals surface area contributed by atoms with Gasteiger partial charge in [-0.25, -0.2) is 5.84 Å². The Labute approximate surface area is 169 Å². The smallest absolute Gasteiger partial charge is 0.237 e. The van der Waals surface area contributed by atoms with Gasteiger partial charge in [0, 0.05) is 19.6 Å². The average molecular weight is 398 g/mol. The number of nitrogens with zero attached hydrogens (tertiary/aromatic N) is 1. The summed E-state index contributed by atoms with van der Waals surface area (Å²) in [6.45, 7) is 2.13. The number of piperazine rings is 1. The second-order valence-corrected chi connectivity index (χ2v) is 6.81. The molecule has 1 saturated heterocycles. The molecule has 1 aliphatic heterocycles. The van der Waals surface area contributed by atoms with Crippen LogP contribution in [0.3, 0.4) is 0 Å². The van der Waals surface area contributed by atoms with Crippen molar-refractivity contribution in [3.8, 4) is 11.5 Å². The summed E-state index contributed by atoms with van der Waals surface area (Å²) in [5.41, 5.74) is 4.12. The zero-order valence-electron chi connectivity index (χ0n) is 16.4. The van der Waals surface area contributed by atoms with Crippen molar-refractivity contribution < 1.29 is 19.1 Å². The van der Waals surface area contributed by atoms with E-state index in [1.165, 1.54) is 0 Å². The zero-order chi connectivity index (χ0) is 20.6. The summed E-state index contributed by atoms with van der Waals surface area (Å²) in [4.78, 5) is 25.9. The molecule has 1 heterocycles. The van der Waals surface area contributed by atoms with Gasteiger partial charge in [-0.3, -0.25) is 19.9 Å². The van der Waals surface area contributed by atoms with E-state index in [9.17, 15) is 9.59 Å². The summed E-state index contributed by atoms with van der Waals surface area (Å²) in [5, 5.41) is 2.80. The molecule has 1 atom stereocenters. The van der Waals surface area contributed by atoms with Crippen LogP contribution in [0.1, 0.15) is 17.5 Å². The van der Waals surface area contributed by atoms with Crippen LogP contribution in [-0.4, -0.2) is 43.0 Å². The van der Waals surface area contributed by atoms with Crippen LogP contribution in [0.2, 0.25) is 0 Å². The number of carbonyl (C=O) groups is 2. The van der Waals surface area contributed by atoms with Crippen molar-refractivity contribution >= 4 is 11.8 Å². The SMILES string of the molecule is COc1cc(CN2CCNC(=O)C2CC(=O)NN)ccc1OCc1ccccc1. The molecule has 0 spiro atoms. The van der Waals surface area contributed by atoms with Crippen LogP contribution in [0.4, 0.5) is 0 Å². The Bertz CT molecular complexity index is 844. The Morgan fingerprint density at radius 2 is 2.00 bits per heavy atom. The summed E-state index contributed by atoms with van der Waals surface area (Å²) in [6, 6.07) is 15.0. The molecule has 4 N–H and O–H groups in total. The fraction of sp³-hybridized carbons (Fsp3) is 0.333. The molecule has 154 valence electrons. The number of carbonyl (C=O) groups excluding carboxylic acids is 2. The fourth-order valence-corrected chi connectivity index (χ4v) is 3.31. The Morgan fingerprint density at radius 3 is 2.72 bits per heavy atom. The van der Waals surface area contributed by atoms with Crippen LogP contribution in [-0.2, 0) is 22.7 Å². The van der Waals surface area contributed by atoms with E-state index in [1.54, 1.807) is 7.11 Å². The van der Waals surface area contributed by atoms with E-state index in [0.717, 1.165) is 11.1 Å². The van der Waals surface area contributed by atoms with Crippen molar-refractivity contribution in [2.45, 2.75) is 25.6 Å². The second kappa shape index (κ2) is 9.90. The summed E-state index contributed by atoms with van der Waals surface area (Å²) >= 11 is 0.